The van der Waals surface area contributed by atoms with Crippen molar-refractivity contribution < 1.29 is 9.47 Å². The summed E-state index contributed by atoms with van der Waals surface area (Å²) in [7, 11) is 4.86. The minimum atomic E-state index is -0.204. The molecule has 0 saturated carbocycles. The summed E-state index contributed by atoms with van der Waals surface area (Å²) in [5.74, 6) is 2.39. The van der Waals surface area contributed by atoms with E-state index in [0.29, 0.717) is 23.1 Å². The van der Waals surface area contributed by atoms with Gasteiger partial charge in [0.25, 0.3) is 0 Å². The van der Waals surface area contributed by atoms with Crippen LogP contribution < -0.4 is 25.8 Å². The van der Waals surface area contributed by atoms with Crippen LogP contribution >= 0.6 is 17.2 Å². The van der Waals surface area contributed by atoms with Gasteiger partial charge in [-0.2, -0.15) is 0 Å². The van der Waals surface area contributed by atoms with Gasteiger partial charge in [-0.1, -0.05) is 53.6 Å². The molecular weight excluding hydrogens is 348 g/mol. The minimum Gasteiger partial charge on any atom is -0.496 e. The first kappa shape index (κ1) is 20.2. The maximum absolute atomic E-state index is 6.50. The fourth-order valence-corrected chi connectivity index (χ4v) is 6.36. The standard InChI is InChI=1S/C20H29NO2P2/c1-20(2,21)15(13-24-18-11-7-5-9-16(18)22-3)14-25-19-12-8-6-10-17(19)23-4/h5-12,15,24-25H,13-14,21H2,1-4H3. The molecule has 0 saturated heterocycles. The maximum Gasteiger partial charge on any atom is 0.126 e. The van der Waals surface area contributed by atoms with Gasteiger partial charge in [0.1, 0.15) is 11.5 Å². The van der Waals surface area contributed by atoms with Crippen molar-refractivity contribution in [1.29, 1.82) is 0 Å². The number of nitrogens with two attached hydrogens (primary N) is 1. The van der Waals surface area contributed by atoms with E-state index in [-0.39, 0.29) is 5.54 Å². The molecule has 0 amide bonds. The van der Waals surface area contributed by atoms with Gasteiger partial charge in [-0.05, 0) is 44.2 Å². The van der Waals surface area contributed by atoms with Crippen LogP contribution in [-0.4, -0.2) is 32.1 Å². The average Bonchev–Trinajstić information content (AvgIpc) is 2.61. The number of hydrogen-bond acceptors (Lipinski definition) is 3. The SMILES string of the molecule is COc1ccccc1PCC(CPc1ccccc1OC)C(C)(C)N. The van der Waals surface area contributed by atoms with Crippen LogP contribution in [0, 0.1) is 5.92 Å². The Morgan fingerprint density at radius 3 is 1.60 bits per heavy atom. The van der Waals surface area contributed by atoms with Gasteiger partial charge in [0.15, 0.2) is 0 Å². The largest absolute Gasteiger partial charge is 0.496 e. The van der Waals surface area contributed by atoms with E-state index in [9.17, 15) is 0 Å². The second-order valence-electron chi connectivity index (χ2n) is 6.68. The minimum absolute atomic E-state index is 0.204. The molecule has 0 aliphatic rings. The lowest BCUT2D eigenvalue weighted by molar-refractivity contribution is 0.384. The van der Waals surface area contributed by atoms with Crippen molar-refractivity contribution in [1.82, 2.24) is 0 Å². The summed E-state index contributed by atoms with van der Waals surface area (Å²) in [6.07, 6.45) is 2.15. The van der Waals surface area contributed by atoms with E-state index >= 15 is 0 Å². The molecule has 0 aliphatic heterocycles. The molecule has 0 spiro atoms. The number of ether oxygens (including phenoxy) is 2. The molecule has 2 N–H and O–H groups in total. The molecule has 3 nitrogen and oxygen atoms in total. The van der Waals surface area contributed by atoms with Gasteiger partial charge in [-0.15, -0.1) is 0 Å². The first-order valence-electron chi connectivity index (χ1n) is 8.48. The highest BCUT2D eigenvalue weighted by Crippen LogP contribution is 2.31. The molecule has 0 fully saturated rings. The van der Waals surface area contributed by atoms with Crippen molar-refractivity contribution in [3.63, 3.8) is 0 Å². The summed E-state index contributed by atoms with van der Waals surface area (Å²) >= 11 is 0. The topological polar surface area (TPSA) is 44.5 Å². The van der Waals surface area contributed by atoms with Crippen molar-refractivity contribution in [2.45, 2.75) is 19.4 Å². The van der Waals surface area contributed by atoms with Crippen molar-refractivity contribution >= 4 is 27.8 Å². The lowest BCUT2D eigenvalue weighted by atomic mass is 9.92. The monoisotopic (exact) mass is 377 g/mol. The Bertz CT molecular complexity index is 619. The van der Waals surface area contributed by atoms with Gasteiger partial charge in [-0.3, -0.25) is 0 Å². The van der Waals surface area contributed by atoms with Crippen LogP contribution in [0.25, 0.3) is 0 Å². The molecule has 0 bridgehead atoms. The van der Waals surface area contributed by atoms with E-state index in [1.807, 2.05) is 24.3 Å². The van der Waals surface area contributed by atoms with Gasteiger partial charge < -0.3 is 15.2 Å². The number of para-hydroxylation sites is 2. The van der Waals surface area contributed by atoms with Gasteiger partial charge >= 0.3 is 0 Å². The zero-order valence-electron chi connectivity index (χ0n) is 15.5. The molecule has 5 heteroatoms. The maximum atomic E-state index is 6.50. The average molecular weight is 377 g/mol. The van der Waals surface area contributed by atoms with Crippen LogP contribution in [0.2, 0.25) is 0 Å². The Kier molecular flexibility index (Phi) is 7.69. The molecule has 2 aromatic carbocycles. The summed E-state index contributed by atoms with van der Waals surface area (Å²) in [4.78, 5) is 0. The first-order chi connectivity index (χ1) is 12.0. The highest BCUT2D eigenvalue weighted by atomic mass is 31.1. The predicted molar refractivity (Wildman–Crippen MR) is 113 cm³/mol. The van der Waals surface area contributed by atoms with Gasteiger partial charge in [0, 0.05) is 16.1 Å². The molecule has 25 heavy (non-hydrogen) atoms. The third kappa shape index (κ3) is 5.96. The highest BCUT2D eigenvalue weighted by molar-refractivity contribution is 7.48. The molecule has 2 unspecified atom stereocenters. The number of rotatable bonds is 9. The molecule has 136 valence electrons. The van der Waals surface area contributed by atoms with Crippen molar-refractivity contribution in [2.75, 3.05) is 26.5 Å². The van der Waals surface area contributed by atoms with Crippen LogP contribution in [0.3, 0.4) is 0 Å². The summed E-state index contributed by atoms with van der Waals surface area (Å²) in [5, 5.41) is 2.56. The zero-order valence-corrected chi connectivity index (χ0v) is 17.5. The van der Waals surface area contributed by atoms with Gasteiger partial charge in [0.05, 0.1) is 14.2 Å². The van der Waals surface area contributed by atoms with Crippen LogP contribution in [0.15, 0.2) is 48.5 Å². The predicted octanol–water partition coefficient (Wildman–Crippen LogP) is 3.37. The second-order valence-corrected chi connectivity index (χ2v) is 9.28. The summed E-state index contributed by atoms with van der Waals surface area (Å²) in [6, 6.07) is 16.5. The van der Waals surface area contributed by atoms with E-state index in [1.54, 1.807) is 14.2 Å². The van der Waals surface area contributed by atoms with Crippen molar-refractivity contribution in [3.8, 4) is 11.5 Å². The zero-order chi connectivity index (χ0) is 18.3. The van der Waals surface area contributed by atoms with E-state index in [4.69, 9.17) is 15.2 Å². The molecule has 2 aromatic rings. The normalized spacial score (nSPS) is 13.6. The molecule has 0 heterocycles. The van der Waals surface area contributed by atoms with Crippen LogP contribution in [0.5, 0.6) is 11.5 Å². The number of methoxy groups -OCH3 is 2. The van der Waals surface area contributed by atoms with Gasteiger partial charge in [-0.25, -0.2) is 0 Å². The lowest BCUT2D eigenvalue weighted by Gasteiger charge is -2.31. The van der Waals surface area contributed by atoms with Gasteiger partial charge in [0.2, 0.25) is 0 Å². The van der Waals surface area contributed by atoms with E-state index < -0.39 is 0 Å². The summed E-state index contributed by atoms with van der Waals surface area (Å²) < 4.78 is 11.0. The highest BCUT2D eigenvalue weighted by Gasteiger charge is 2.25. The number of benzene rings is 2. The molecule has 2 rings (SSSR count). The Morgan fingerprint density at radius 1 is 0.840 bits per heavy atom. The third-order valence-corrected chi connectivity index (χ3v) is 7.33. The molecular formula is C20H29NO2P2. The fraction of sp³-hybridized carbons (Fsp3) is 0.400. The van der Waals surface area contributed by atoms with E-state index in [1.165, 1.54) is 10.6 Å². The quantitative estimate of drug-likeness (QED) is 0.682. The molecule has 2 atom stereocenters. The second kappa shape index (κ2) is 9.53. The number of hydrogen-bond donors (Lipinski definition) is 1. The Labute approximate surface area is 155 Å². The summed E-state index contributed by atoms with van der Waals surface area (Å²) in [5.41, 5.74) is 6.29. The third-order valence-electron chi connectivity index (χ3n) is 4.34. The fourth-order valence-electron chi connectivity index (χ4n) is 2.65. The lowest BCUT2D eigenvalue weighted by Crippen LogP contribution is -2.43. The smallest absolute Gasteiger partial charge is 0.126 e. The van der Waals surface area contributed by atoms with Crippen LogP contribution in [0.1, 0.15) is 13.8 Å². The molecule has 0 radical (unpaired) electrons. The first-order valence-corrected chi connectivity index (χ1v) is 10.9. The Balaban J connectivity index is 2.04. The summed E-state index contributed by atoms with van der Waals surface area (Å²) in [6.45, 7) is 4.27. The van der Waals surface area contributed by atoms with Crippen LogP contribution in [0.4, 0.5) is 0 Å². The van der Waals surface area contributed by atoms with Crippen molar-refractivity contribution in [2.24, 2.45) is 11.7 Å². The van der Waals surface area contributed by atoms with E-state index in [2.05, 4.69) is 38.1 Å². The van der Waals surface area contributed by atoms with Crippen molar-refractivity contribution in [3.05, 3.63) is 48.5 Å². The van der Waals surface area contributed by atoms with Crippen LogP contribution in [-0.2, 0) is 0 Å². The molecule has 0 aromatic heterocycles. The van der Waals surface area contributed by atoms with E-state index in [0.717, 1.165) is 23.8 Å². The molecule has 0 aliphatic carbocycles. The Morgan fingerprint density at radius 2 is 1.24 bits per heavy atom. The Hall–Kier alpha value is -1.14.